The summed E-state index contributed by atoms with van der Waals surface area (Å²) in [7, 11) is 0. The van der Waals surface area contributed by atoms with Gasteiger partial charge in [-0.2, -0.15) is 0 Å². The van der Waals surface area contributed by atoms with Crippen LogP contribution in [0.3, 0.4) is 0 Å². The molecule has 0 aromatic heterocycles. The molecule has 5 heteroatoms. The zero-order valence-corrected chi connectivity index (χ0v) is 33.6. The Labute approximate surface area is 333 Å². The van der Waals surface area contributed by atoms with E-state index >= 15 is 0 Å². The van der Waals surface area contributed by atoms with Crippen LogP contribution in [-0.4, -0.2) is 13.4 Å². The lowest BCUT2D eigenvalue weighted by molar-refractivity contribution is 0.590. The number of hydrogen-bond donors (Lipinski definition) is 0. The SMILES string of the molecule is C=C/C=C\C1=C(C)N2c3ccccc3B3c4ccccc4N(c4ccc(C(C)(C)C)cc4)c4cc5c(c2c43)B1c1ccccc1N5c1ccc(C(C)(C)C)cc1. The molecule has 0 N–H and O–H groups in total. The zero-order valence-electron chi connectivity index (χ0n) is 33.6. The maximum atomic E-state index is 4.10. The first kappa shape index (κ1) is 34.6. The van der Waals surface area contributed by atoms with Gasteiger partial charge in [-0.1, -0.05) is 145 Å². The number of fused-ring (bicyclic) bond motifs is 7. The third-order valence-electron chi connectivity index (χ3n) is 12.5. The van der Waals surface area contributed by atoms with Gasteiger partial charge in [0.15, 0.2) is 0 Å². The molecular formula is C51H47B2N3. The van der Waals surface area contributed by atoms with Crippen LogP contribution in [0.15, 0.2) is 163 Å². The molecule has 0 saturated heterocycles. The van der Waals surface area contributed by atoms with Crippen LogP contribution in [0.5, 0.6) is 0 Å². The van der Waals surface area contributed by atoms with E-state index in [1.807, 2.05) is 6.08 Å². The van der Waals surface area contributed by atoms with Gasteiger partial charge in [-0.3, -0.25) is 0 Å². The number of anilines is 8. The molecule has 3 nitrogen and oxygen atoms in total. The van der Waals surface area contributed by atoms with Crippen molar-refractivity contribution in [1.82, 2.24) is 0 Å². The van der Waals surface area contributed by atoms with Gasteiger partial charge in [-0.25, -0.2) is 0 Å². The van der Waals surface area contributed by atoms with E-state index in [1.165, 1.54) is 95.1 Å². The lowest BCUT2D eigenvalue weighted by Gasteiger charge is -2.51. The van der Waals surface area contributed by atoms with Gasteiger partial charge in [-0.15, -0.1) is 0 Å². The van der Waals surface area contributed by atoms with Crippen LogP contribution in [0.25, 0.3) is 0 Å². The molecule has 0 spiro atoms. The molecule has 0 atom stereocenters. The summed E-state index contributed by atoms with van der Waals surface area (Å²) < 4.78 is 0. The molecule has 0 fully saturated rings. The smallest absolute Gasteiger partial charge is 0.252 e. The summed E-state index contributed by atoms with van der Waals surface area (Å²) in [4.78, 5) is 7.67. The second-order valence-corrected chi connectivity index (χ2v) is 17.9. The summed E-state index contributed by atoms with van der Waals surface area (Å²) >= 11 is 0. The van der Waals surface area contributed by atoms with Gasteiger partial charge in [0, 0.05) is 51.2 Å². The molecule has 0 unspecified atom stereocenters. The Hall–Kier alpha value is -5.93. The van der Waals surface area contributed by atoms with E-state index in [1.54, 1.807) is 0 Å². The van der Waals surface area contributed by atoms with E-state index in [9.17, 15) is 0 Å². The highest BCUT2D eigenvalue weighted by atomic mass is 15.2. The van der Waals surface area contributed by atoms with Gasteiger partial charge < -0.3 is 14.7 Å². The standard InChI is InChI=1S/C51H47B2N3/c1-9-10-17-38-33(2)54-42-21-14-11-18-39(42)53-41-20-13-16-23-44(41)56(37-30-26-35(27-31-37)51(6,7)8)46-32-45-47(49(54)48(46)53)52(38)40-19-12-15-22-43(40)55(45)36-28-24-34(25-29-36)50(3,4)5/h9-32H,1H2,2-8H3/b17-10-. The molecule has 56 heavy (non-hydrogen) atoms. The van der Waals surface area contributed by atoms with Crippen molar-refractivity contribution in [3.05, 3.63) is 174 Å². The molecule has 4 aliphatic heterocycles. The fourth-order valence-electron chi connectivity index (χ4n) is 9.85. The Bertz CT molecular complexity index is 2660. The highest BCUT2D eigenvalue weighted by Crippen LogP contribution is 2.50. The van der Waals surface area contributed by atoms with E-state index in [2.05, 4.69) is 209 Å². The Morgan fingerprint density at radius 1 is 0.500 bits per heavy atom. The molecule has 4 aliphatic rings. The van der Waals surface area contributed by atoms with Crippen LogP contribution >= 0.6 is 0 Å². The lowest BCUT2D eigenvalue weighted by atomic mass is 9.28. The summed E-state index contributed by atoms with van der Waals surface area (Å²) in [6, 6.07) is 48.4. The predicted molar refractivity (Wildman–Crippen MR) is 244 cm³/mol. The average Bonchev–Trinajstić information content (AvgIpc) is 3.19. The number of nitrogens with zero attached hydrogens (tertiary/aromatic N) is 3. The summed E-state index contributed by atoms with van der Waals surface area (Å²) in [5.74, 6) is 0. The van der Waals surface area contributed by atoms with Gasteiger partial charge in [0.2, 0.25) is 0 Å². The van der Waals surface area contributed by atoms with Gasteiger partial charge in [-0.05, 0) is 110 Å². The first-order valence-electron chi connectivity index (χ1n) is 20.1. The fraction of sp³-hybridized carbons (Fsp3) is 0.176. The summed E-state index contributed by atoms with van der Waals surface area (Å²) in [6.45, 7) is 20.3. The number of benzene rings is 6. The van der Waals surface area contributed by atoms with E-state index in [-0.39, 0.29) is 24.3 Å². The van der Waals surface area contributed by atoms with Crippen molar-refractivity contribution in [3.8, 4) is 0 Å². The van der Waals surface area contributed by atoms with Crippen molar-refractivity contribution in [1.29, 1.82) is 0 Å². The topological polar surface area (TPSA) is 9.72 Å². The minimum Gasteiger partial charge on any atom is -0.316 e. The maximum Gasteiger partial charge on any atom is 0.252 e. The second kappa shape index (κ2) is 12.3. The Balaban J connectivity index is 1.35. The minimum atomic E-state index is 0.0432. The Kier molecular flexibility index (Phi) is 7.58. The molecule has 6 aromatic rings. The fourth-order valence-corrected chi connectivity index (χ4v) is 9.85. The number of allylic oxidation sites excluding steroid dienone is 5. The second-order valence-electron chi connectivity index (χ2n) is 17.9. The highest BCUT2D eigenvalue weighted by Gasteiger charge is 2.51. The van der Waals surface area contributed by atoms with Crippen LogP contribution < -0.4 is 42.0 Å². The van der Waals surface area contributed by atoms with Crippen molar-refractivity contribution in [3.63, 3.8) is 0 Å². The molecule has 272 valence electrons. The van der Waals surface area contributed by atoms with Crippen LogP contribution in [0.1, 0.15) is 59.6 Å². The van der Waals surface area contributed by atoms with E-state index in [0.29, 0.717) is 0 Å². The number of rotatable bonds is 4. The number of para-hydroxylation sites is 3. The summed E-state index contributed by atoms with van der Waals surface area (Å²) in [5, 5.41) is 0. The largest absolute Gasteiger partial charge is 0.316 e. The molecule has 0 amide bonds. The van der Waals surface area contributed by atoms with Crippen LogP contribution in [0, 0.1) is 0 Å². The van der Waals surface area contributed by atoms with Crippen molar-refractivity contribution in [2.45, 2.75) is 59.3 Å². The average molecular weight is 724 g/mol. The van der Waals surface area contributed by atoms with Gasteiger partial charge in [0.25, 0.3) is 13.4 Å². The molecular weight excluding hydrogens is 676 g/mol. The summed E-state index contributed by atoms with van der Waals surface area (Å²) in [6.07, 6.45) is 6.32. The zero-order chi connectivity index (χ0) is 38.7. The third-order valence-corrected chi connectivity index (χ3v) is 12.5. The first-order valence-corrected chi connectivity index (χ1v) is 20.1. The quantitative estimate of drug-likeness (QED) is 0.132. The van der Waals surface area contributed by atoms with Crippen LogP contribution in [-0.2, 0) is 10.8 Å². The minimum absolute atomic E-state index is 0.0432. The summed E-state index contributed by atoms with van der Waals surface area (Å²) in [5.41, 5.74) is 21.9. The Morgan fingerprint density at radius 2 is 0.911 bits per heavy atom. The van der Waals surface area contributed by atoms with E-state index < -0.39 is 0 Å². The van der Waals surface area contributed by atoms with Crippen molar-refractivity contribution >= 4 is 86.2 Å². The maximum absolute atomic E-state index is 4.10. The van der Waals surface area contributed by atoms with Crippen molar-refractivity contribution < 1.29 is 0 Å². The van der Waals surface area contributed by atoms with Crippen LogP contribution in [0.4, 0.5) is 45.5 Å². The first-order chi connectivity index (χ1) is 27.0. The number of hydrogen-bond acceptors (Lipinski definition) is 3. The van der Waals surface area contributed by atoms with Crippen LogP contribution in [0.2, 0.25) is 0 Å². The van der Waals surface area contributed by atoms with Crippen molar-refractivity contribution in [2.24, 2.45) is 0 Å². The van der Waals surface area contributed by atoms with Gasteiger partial charge >= 0.3 is 0 Å². The normalized spacial score (nSPS) is 15.2. The van der Waals surface area contributed by atoms with Gasteiger partial charge in [0.1, 0.15) is 0 Å². The molecule has 0 saturated carbocycles. The molecule has 10 rings (SSSR count). The van der Waals surface area contributed by atoms with Gasteiger partial charge in [0.05, 0.1) is 0 Å². The van der Waals surface area contributed by atoms with E-state index in [4.69, 9.17) is 0 Å². The third kappa shape index (κ3) is 4.92. The molecule has 0 radical (unpaired) electrons. The predicted octanol–water partition coefficient (Wildman–Crippen LogP) is 9.99. The molecule has 0 bridgehead atoms. The molecule has 6 aromatic carbocycles. The lowest BCUT2D eigenvalue weighted by Crippen LogP contribution is -2.66. The Morgan fingerprint density at radius 3 is 1.36 bits per heavy atom. The molecule has 4 heterocycles. The van der Waals surface area contributed by atoms with Crippen molar-refractivity contribution in [2.75, 3.05) is 14.7 Å². The highest BCUT2D eigenvalue weighted by molar-refractivity contribution is 7.03. The molecule has 0 aliphatic carbocycles. The van der Waals surface area contributed by atoms with E-state index in [0.717, 1.165) is 0 Å². The monoisotopic (exact) mass is 723 g/mol.